The molecule has 0 aliphatic rings. The van der Waals surface area contributed by atoms with Gasteiger partial charge in [0, 0.05) is 22.5 Å². The van der Waals surface area contributed by atoms with Gasteiger partial charge in [0.25, 0.3) is 0 Å². The summed E-state index contributed by atoms with van der Waals surface area (Å²) in [5, 5.41) is 37.2. The Morgan fingerprint density at radius 3 is 2.78 bits per heavy atom. The van der Waals surface area contributed by atoms with Crippen molar-refractivity contribution >= 4 is 34.9 Å². The molecule has 14 heteroatoms. The Morgan fingerprint density at radius 2 is 2.16 bits per heavy atom. The van der Waals surface area contributed by atoms with Gasteiger partial charge < -0.3 is 20.8 Å². The number of aliphatic hydroxyl groups excluding tert-OH is 2. The largest absolute Gasteiger partial charge is 0.436 e. The number of aliphatic hydroxyl groups is 2. The van der Waals surface area contributed by atoms with E-state index in [9.17, 15) is 28.3 Å². The van der Waals surface area contributed by atoms with Crippen molar-refractivity contribution < 1.29 is 28.2 Å². The van der Waals surface area contributed by atoms with Crippen molar-refractivity contribution in [3.63, 3.8) is 0 Å². The number of hydrogen-bond donors (Lipinski definition) is 4. The van der Waals surface area contributed by atoms with Crippen LogP contribution in [0.25, 0.3) is 11.7 Å². The van der Waals surface area contributed by atoms with Crippen molar-refractivity contribution in [3.8, 4) is 6.07 Å². The molecule has 0 fully saturated rings. The number of rotatable bonds is 8. The second kappa shape index (κ2) is 11.4. The molecule has 4 N–H and O–H groups in total. The van der Waals surface area contributed by atoms with Crippen LogP contribution >= 0.6 is 11.6 Å². The molecule has 0 saturated carbocycles. The van der Waals surface area contributed by atoms with Gasteiger partial charge in [-0.3, -0.25) is 9.79 Å². The van der Waals surface area contributed by atoms with Gasteiger partial charge in [-0.05, 0) is 36.9 Å². The average molecular weight is 536 g/mol. The molecule has 0 aliphatic heterocycles. The first-order valence-corrected chi connectivity index (χ1v) is 11.0. The number of amides is 1. The molecule has 10 nitrogen and oxygen atoms in total. The normalized spacial score (nSPS) is 13.5. The van der Waals surface area contributed by atoms with Crippen LogP contribution in [0.1, 0.15) is 22.5 Å². The lowest BCUT2D eigenvalue weighted by Crippen LogP contribution is -2.39. The summed E-state index contributed by atoms with van der Waals surface area (Å²) in [7, 11) is 0. The van der Waals surface area contributed by atoms with Crippen LogP contribution < -0.4 is 21.3 Å². The lowest BCUT2D eigenvalue weighted by Gasteiger charge is -2.08. The molecule has 0 bridgehead atoms. The Labute approximate surface area is 213 Å². The van der Waals surface area contributed by atoms with Gasteiger partial charge in [-0.15, -0.1) is 0 Å². The molecule has 0 aliphatic carbocycles. The molecule has 3 aromatic rings. The van der Waals surface area contributed by atoms with Crippen LogP contribution in [0.4, 0.5) is 18.9 Å². The number of alkyl halides is 3. The van der Waals surface area contributed by atoms with Crippen molar-refractivity contribution in [2.75, 3.05) is 25.0 Å². The van der Waals surface area contributed by atoms with E-state index in [1.165, 1.54) is 19.2 Å². The van der Waals surface area contributed by atoms with E-state index in [1.54, 1.807) is 24.3 Å². The predicted molar refractivity (Wildman–Crippen MR) is 128 cm³/mol. The van der Waals surface area contributed by atoms with Crippen molar-refractivity contribution in [2.45, 2.75) is 19.2 Å². The second-order valence-electron chi connectivity index (χ2n) is 7.68. The summed E-state index contributed by atoms with van der Waals surface area (Å²) in [5.41, 5.74) is -1.47. The molecule has 0 spiro atoms. The molecule has 0 saturated heterocycles. The first kappa shape index (κ1) is 27.6. The number of benzene rings is 1. The molecule has 3 rings (SSSR count). The van der Waals surface area contributed by atoms with Crippen LogP contribution in [0.15, 0.2) is 36.0 Å². The Kier molecular flexibility index (Phi) is 8.49. The molecule has 194 valence electrons. The minimum atomic E-state index is -4.94. The van der Waals surface area contributed by atoms with Crippen LogP contribution in [0, 0.1) is 18.3 Å². The van der Waals surface area contributed by atoms with Gasteiger partial charge in [0.1, 0.15) is 18.2 Å². The number of halogens is 4. The summed E-state index contributed by atoms with van der Waals surface area (Å²) in [4.78, 5) is 20.6. The molecular formula is C23H21ClF3N7O3. The number of fused-ring (bicyclic) bond motifs is 1. The number of aromatic nitrogens is 3. The van der Waals surface area contributed by atoms with E-state index in [-0.39, 0.29) is 28.6 Å². The van der Waals surface area contributed by atoms with Crippen molar-refractivity contribution in [1.29, 1.82) is 5.26 Å². The third-order valence-electron chi connectivity index (χ3n) is 5.04. The van der Waals surface area contributed by atoms with Crippen LogP contribution in [-0.4, -0.2) is 56.5 Å². The SMILES string of the molecule is C=CNc1cc(Cl)ccc1/C=c1\c(C)nc2c(C#N)c(C(F)(F)F)nn2c1=NCC(=O)NCC(O)CO. The van der Waals surface area contributed by atoms with Crippen molar-refractivity contribution in [3.05, 3.63) is 69.2 Å². The van der Waals surface area contributed by atoms with Gasteiger partial charge >= 0.3 is 6.18 Å². The Bertz CT molecular complexity index is 1510. The van der Waals surface area contributed by atoms with Crippen LogP contribution in [0.5, 0.6) is 0 Å². The van der Waals surface area contributed by atoms with Gasteiger partial charge in [-0.2, -0.15) is 28.0 Å². The highest BCUT2D eigenvalue weighted by molar-refractivity contribution is 6.30. The Morgan fingerprint density at radius 1 is 1.43 bits per heavy atom. The zero-order valence-electron chi connectivity index (χ0n) is 19.3. The first-order valence-electron chi connectivity index (χ1n) is 10.7. The zero-order chi connectivity index (χ0) is 27.3. The molecule has 2 heterocycles. The van der Waals surface area contributed by atoms with Crippen LogP contribution in [0.2, 0.25) is 5.02 Å². The molecule has 2 aromatic heterocycles. The van der Waals surface area contributed by atoms with Gasteiger partial charge in [-0.1, -0.05) is 24.2 Å². The maximum Gasteiger partial charge on any atom is 0.436 e. The molecule has 37 heavy (non-hydrogen) atoms. The van der Waals surface area contributed by atoms with Crippen LogP contribution in [0.3, 0.4) is 0 Å². The van der Waals surface area contributed by atoms with E-state index < -0.39 is 42.6 Å². The third-order valence-corrected chi connectivity index (χ3v) is 5.27. The summed E-state index contributed by atoms with van der Waals surface area (Å²) < 4.78 is 41.6. The number of nitrogens with zero attached hydrogens (tertiary/aromatic N) is 5. The van der Waals surface area contributed by atoms with Gasteiger partial charge in [0.15, 0.2) is 16.8 Å². The number of hydrogen-bond acceptors (Lipinski definition) is 8. The minimum absolute atomic E-state index is 0.160. The maximum atomic E-state index is 13.6. The molecular weight excluding hydrogens is 515 g/mol. The highest BCUT2D eigenvalue weighted by Gasteiger charge is 2.39. The molecule has 0 radical (unpaired) electrons. The average Bonchev–Trinajstić information content (AvgIpc) is 3.22. The predicted octanol–water partition coefficient (Wildman–Crippen LogP) is 1.05. The highest BCUT2D eigenvalue weighted by atomic mass is 35.5. The fraction of sp³-hybridized carbons (Fsp3) is 0.261. The summed E-state index contributed by atoms with van der Waals surface area (Å²) in [6, 6.07) is 6.36. The van der Waals surface area contributed by atoms with Crippen LogP contribution in [-0.2, 0) is 11.0 Å². The van der Waals surface area contributed by atoms with E-state index in [2.05, 4.69) is 32.3 Å². The summed E-state index contributed by atoms with van der Waals surface area (Å²) in [6.07, 6.45) is -3.15. The lowest BCUT2D eigenvalue weighted by molar-refractivity contribution is -0.141. The van der Waals surface area contributed by atoms with E-state index in [1.807, 2.05) is 0 Å². The van der Waals surface area contributed by atoms with Gasteiger partial charge in [0.05, 0.1) is 18.4 Å². The smallest absolute Gasteiger partial charge is 0.394 e. The van der Waals surface area contributed by atoms with Gasteiger partial charge in [-0.25, -0.2) is 4.98 Å². The van der Waals surface area contributed by atoms with Gasteiger partial charge in [0.2, 0.25) is 5.91 Å². The number of nitriles is 1. The molecule has 1 aromatic carbocycles. The summed E-state index contributed by atoms with van der Waals surface area (Å²) >= 11 is 6.07. The van der Waals surface area contributed by atoms with E-state index >= 15 is 0 Å². The van der Waals surface area contributed by atoms with Crippen molar-refractivity contribution in [2.24, 2.45) is 4.99 Å². The van der Waals surface area contributed by atoms with E-state index in [0.29, 0.717) is 16.3 Å². The number of aryl methyl sites for hydroxylation is 1. The number of nitrogens with one attached hydrogen (secondary N) is 2. The summed E-state index contributed by atoms with van der Waals surface area (Å²) in [6.45, 7) is 3.74. The quantitative estimate of drug-likeness (QED) is 0.337. The van der Waals surface area contributed by atoms with E-state index in [0.717, 1.165) is 4.52 Å². The van der Waals surface area contributed by atoms with Crippen molar-refractivity contribution in [1.82, 2.24) is 19.9 Å². The number of anilines is 1. The summed E-state index contributed by atoms with van der Waals surface area (Å²) in [5.74, 6) is -0.676. The fourth-order valence-electron chi connectivity index (χ4n) is 3.32. The lowest BCUT2D eigenvalue weighted by atomic mass is 10.1. The first-order chi connectivity index (χ1) is 17.5. The number of carbonyl (C=O) groups is 1. The fourth-order valence-corrected chi connectivity index (χ4v) is 3.49. The molecule has 1 atom stereocenters. The minimum Gasteiger partial charge on any atom is -0.394 e. The Balaban J connectivity index is 2.33. The standard InChI is InChI=1S/C23H21ClF3N7O3/c1-3-29-18-7-14(24)5-4-13(18)6-16-12(2)32-22-17(8-28)20(23(25,26)27)33-34(22)21(16)31-10-19(37)30-9-15(36)11-35/h3-7,15,29,35-36H,1,9-11H2,2H3,(H,30,37)/b16-6+,31-21?. The maximum absolute atomic E-state index is 13.6. The third kappa shape index (κ3) is 6.23. The Hall–Kier alpha value is -3.99. The topological polar surface area (TPSA) is 148 Å². The van der Waals surface area contributed by atoms with E-state index in [4.69, 9.17) is 16.7 Å². The monoisotopic (exact) mass is 535 g/mol. The highest BCUT2D eigenvalue weighted by Crippen LogP contribution is 2.31. The second-order valence-corrected chi connectivity index (χ2v) is 8.12. The zero-order valence-corrected chi connectivity index (χ0v) is 20.1. The number of carbonyl (C=O) groups excluding carboxylic acids is 1. The molecule has 1 amide bonds. The molecule has 1 unspecified atom stereocenters.